The van der Waals surface area contributed by atoms with Crippen molar-refractivity contribution in [2.45, 2.75) is 12.1 Å². The zero-order chi connectivity index (χ0) is 10.9. The normalized spacial score (nSPS) is 11.6. The van der Waals surface area contributed by atoms with Crippen molar-refractivity contribution in [1.82, 2.24) is 0 Å². The third-order valence-corrected chi connectivity index (χ3v) is 0.869. The Morgan fingerprint density at radius 2 is 1.43 bits per heavy atom. The fraction of sp³-hybridized carbons (Fsp3) is 0.500. The van der Waals surface area contributed by atoms with E-state index in [1.54, 1.807) is 0 Å². The third kappa shape index (κ3) is 3.62. The summed E-state index contributed by atoms with van der Waals surface area (Å²) in [5.74, 6) is -12.4. The van der Waals surface area contributed by atoms with E-state index in [0.29, 0.717) is 0 Å². The van der Waals surface area contributed by atoms with Gasteiger partial charge in [-0.05, 0) is 0 Å². The van der Waals surface area contributed by atoms with E-state index in [0.717, 1.165) is 0 Å². The van der Waals surface area contributed by atoms with Crippen LogP contribution in [-0.4, -0.2) is 61.6 Å². The van der Waals surface area contributed by atoms with Gasteiger partial charge in [-0.15, -0.1) is 0 Å². The molecule has 0 aliphatic heterocycles. The first-order valence-corrected chi connectivity index (χ1v) is 2.46. The van der Waals surface area contributed by atoms with Gasteiger partial charge < -0.3 is 2.85 Å². The number of halogens is 6. The molecule has 0 atom stereocenters. The molecule has 10 heteroatoms. The van der Waals surface area contributed by atoms with Crippen LogP contribution in [0.4, 0.5) is 26.5 Å². The fourth-order valence-corrected chi connectivity index (χ4v) is 0.319. The Balaban J connectivity index is -0.000000240. The number of rotatable bonds is 2. The number of ketones is 1. The molecule has 0 N–H and O–H groups in total. The number of hydrogen-bond donors (Lipinski definition) is 0. The molecule has 0 amide bonds. The summed E-state index contributed by atoms with van der Waals surface area (Å²) >= 11 is 0. The van der Waals surface area contributed by atoms with Crippen LogP contribution in [0.3, 0.4) is 0 Å². The van der Waals surface area contributed by atoms with Gasteiger partial charge in [0.15, 0.2) is 0 Å². The molecule has 0 saturated carbocycles. The summed E-state index contributed by atoms with van der Waals surface area (Å²) in [4.78, 5) is 21.2. The van der Waals surface area contributed by atoms with Crippen LogP contribution in [0.5, 0.6) is 0 Å². The van der Waals surface area contributed by atoms with Crippen molar-refractivity contribution in [3.63, 3.8) is 0 Å². The predicted molar refractivity (Wildman–Crippen MR) is 31.2 cm³/mol. The summed E-state index contributed by atoms with van der Waals surface area (Å²) in [5.41, 5.74) is 0. The fourth-order valence-electron chi connectivity index (χ4n) is 0.319. The average molecular weight is 252 g/mol. The number of alkyl halides is 5. The molecule has 0 aromatic rings. The van der Waals surface area contributed by atoms with Crippen LogP contribution in [0.1, 0.15) is 2.85 Å². The quantitative estimate of drug-likeness (QED) is 0.418. The van der Waals surface area contributed by atoms with Gasteiger partial charge in [0.2, 0.25) is 0 Å². The molecule has 0 aromatic heterocycles. The molecule has 0 unspecified atom stereocenters. The zero-order valence-electron chi connectivity index (χ0n) is 8.20. The van der Waals surface area contributed by atoms with Crippen LogP contribution in [-0.2, 0) is 14.5 Å². The van der Waals surface area contributed by atoms with E-state index in [9.17, 15) is 36.1 Å². The maximum Gasteiger partial charge on any atom is 2.00 e. The summed E-state index contributed by atoms with van der Waals surface area (Å²) in [6, 6.07) is 0. The monoisotopic (exact) mass is 252 g/mol. The average Bonchev–Trinajstić information content (AvgIpc) is 1.99. The Morgan fingerprint density at radius 3 is 1.64 bits per heavy atom. The summed E-state index contributed by atoms with van der Waals surface area (Å²) in [6.45, 7) is 0. The molecule has 14 heavy (non-hydrogen) atoms. The molecule has 0 rings (SSSR count). The molecule has 0 heterocycles. The van der Waals surface area contributed by atoms with Crippen molar-refractivity contribution in [2.24, 2.45) is 0 Å². The molecule has 80 valence electrons. The van der Waals surface area contributed by atoms with Gasteiger partial charge in [-0.3, -0.25) is 4.79 Å². The molecular formula is C4H2CaF6O3. The first-order valence-electron chi connectivity index (χ1n) is 2.46. The number of carbonyl (C=O) groups excluding carboxylic acids is 2. The second kappa shape index (κ2) is 5.17. The van der Waals surface area contributed by atoms with E-state index >= 15 is 0 Å². The molecule has 0 aromatic carbocycles. The smallest absolute Gasteiger partial charge is 1.00 e. The van der Waals surface area contributed by atoms with Gasteiger partial charge in [0, 0.05) is 4.53 Å². The minimum atomic E-state index is -5.93. The molecule has 0 aliphatic carbocycles. The second-order valence-electron chi connectivity index (χ2n) is 1.77. The summed E-state index contributed by atoms with van der Waals surface area (Å²) in [5, 5.41) is 0. The van der Waals surface area contributed by atoms with Crippen molar-refractivity contribution in [2.75, 3.05) is 0 Å². The Morgan fingerprint density at radius 1 is 1.07 bits per heavy atom. The van der Waals surface area contributed by atoms with Crippen molar-refractivity contribution in [3.8, 4) is 0 Å². The molecule has 3 nitrogen and oxygen atoms in total. The standard InChI is InChI=1S/C4F6O3.Ca.2H/c5-3(6,2(12)13-10)1(11)4(7,8)9;;;/q;+2;2*-1. The molecular weight excluding hydrogens is 250 g/mol. The SMILES string of the molecule is O=C(OF)C(F)(F)C(=O)C(F)(F)F.[Ca+2].[H-].[H-]. The van der Waals surface area contributed by atoms with Crippen LogP contribution in [0.15, 0.2) is 0 Å². The zero-order valence-corrected chi connectivity index (χ0v) is 8.41. The Hall–Kier alpha value is -0.0203. The third-order valence-electron chi connectivity index (χ3n) is 0.869. The number of hydrogen-bond acceptors (Lipinski definition) is 3. The Bertz CT molecular complexity index is 244. The molecule has 0 aliphatic rings. The number of Topliss-reactive ketones (excluding diaryl/α,β-unsaturated/α-hetero) is 1. The Kier molecular flexibility index (Phi) is 6.06. The maximum atomic E-state index is 11.9. The van der Waals surface area contributed by atoms with Crippen molar-refractivity contribution >= 4 is 49.5 Å². The van der Waals surface area contributed by atoms with E-state index in [-0.39, 0.29) is 40.6 Å². The van der Waals surface area contributed by atoms with E-state index in [2.05, 4.69) is 0 Å². The molecule has 0 bridgehead atoms. The van der Waals surface area contributed by atoms with Crippen LogP contribution in [0, 0.1) is 0 Å². The molecule has 0 fully saturated rings. The van der Waals surface area contributed by atoms with Crippen molar-refractivity contribution in [3.05, 3.63) is 0 Å². The van der Waals surface area contributed by atoms with Gasteiger partial charge in [0.1, 0.15) is 0 Å². The van der Waals surface area contributed by atoms with E-state index in [1.807, 2.05) is 4.94 Å². The molecule has 0 radical (unpaired) electrons. The number of carbonyl (C=O) groups is 2. The van der Waals surface area contributed by atoms with Gasteiger partial charge in [0.25, 0.3) is 0 Å². The Labute approximate surface area is 105 Å². The van der Waals surface area contributed by atoms with Gasteiger partial charge in [0.05, 0.1) is 0 Å². The van der Waals surface area contributed by atoms with Crippen LogP contribution in [0.25, 0.3) is 0 Å². The predicted octanol–water partition coefficient (Wildman–Crippen LogP) is 1.03. The largest absolute Gasteiger partial charge is 2.00 e. The minimum Gasteiger partial charge on any atom is -1.00 e. The topological polar surface area (TPSA) is 43.4 Å². The van der Waals surface area contributed by atoms with Crippen molar-refractivity contribution in [1.29, 1.82) is 0 Å². The maximum absolute atomic E-state index is 11.9. The van der Waals surface area contributed by atoms with Gasteiger partial charge in [-0.1, -0.05) is 0 Å². The van der Waals surface area contributed by atoms with E-state index in [1.165, 1.54) is 0 Å². The van der Waals surface area contributed by atoms with Gasteiger partial charge in [-0.2, -0.15) is 22.0 Å². The van der Waals surface area contributed by atoms with Crippen LogP contribution in [0.2, 0.25) is 0 Å². The molecule has 0 saturated heterocycles. The van der Waals surface area contributed by atoms with Gasteiger partial charge >= 0.3 is 61.6 Å². The first kappa shape index (κ1) is 16.4. The van der Waals surface area contributed by atoms with Crippen LogP contribution >= 0.6 is 0 Å². The van der Waals surface area contributed by atoms with Crippen LogP contribution < -0.4 is 0 Å². The first-order chi connectivity index (χ1) is 5.64. The second-order valence-corrected chi connectivity index (χ2v) is 1.77. The summed E-state index contributed by atoms with van der Waals surface area (Å²) in [7, 11) is 0. The van der Waals surface area contributed by atoms with E-state index < -0.39 is 23.9 Å². The summed E-state index contributed by atoms with van der Waals surface area (Å²) < 4.78 is 68.5. The van der Waals surface area contributed by atoms with E-state index in [4.69, 9.17) is 0 Å². The summed E-state index contributed by atoms with van der Waals surface area (Å²) in [6.07, 6.45) is -5.93. The molecule has 0 spiro atoms. The van der Waals surface area contributed by atoms with Crippen molar-refractivity contribution < 1.29 is 43.9 Å². The minimum absolute atomic E-state index is 0. The van der Waals surface area contributed by atoms with Gasteiger partial charge in [-0.25, -0.2) is 9.74 Å².